The standard InChI is InChI=1S/C13H12FNO2/c14-7-4-5-11-10(6-7)8-2-1-3-9(13(16)17)12(8)15-11/h4-6,9,15H,1-3H2,(H,16,17). The third-order valence-electron chi connectivity index (χ3n) is 3.47. The first-order valence-corrected chi connectivity index (χ1v) is 5.69. The summed E-state index contributed by atoms with van der Waals surface area (Å²) in [6.45, 7) is 0. The van der Waals surface area contributed by atoms with Crippen molar-refractivity contribution in [3.63, 3.8) is 0 Å². The molecule has 1 aliphatic carbocycles. The lowest BCUT2D eigenvalue weighted by atomic mass is 9.87. The van der Waals surface area contributed by atoms with E-state index in [-0.39, 0.29) is 5.82 Å². The van der Waals surface area contributed by atoms with Crippen molar-refractivity contribution < 1.29 is 14.3 Å². The maximum atomic E-state index is 13.2. The number of aliphatic carboxylic acids is 1. The highest BCUT2D eigenvalue weighted by molar-refractivity contribution is 5.88. The van der Waals surface area contributed by atoms with Crippen molar-refractivity contribution in [1.29, 1.82) is 0 Å². The Hall–Kier alpha value is -1.84. The predicted octanol–water partition coefficient (Wildman–Crippen LogP) is 2.81. The zero-order chi connectivity index (χ0) is 12.0. The van der Waals surface area contributed by atoms with Gasteiger partial charge >= 0.3 is 5.97 Å². The summed E-state index contributed by atoms with van der Waals surface area (Å²) >= 11 is 0. The lowest BCUT2D eigenvalue weighted by molar-refractivity contribution is -0.139. The summed E-state index contributed by atoms with van der Waals surface area (Å²) in [6, 6.07) is 4.54. The highest BCUT2D eigenvalue weighted by Gasteiger charge is 2.29. The molecule has 17 heavy (non-hydrogen) atoms. The molecule has 0 fully saturated rings. The molecule has 1 heterocycles. The van der Waals surface area contributed by atoms with Crippen LogP contribution < -0.4 is 0 Å². The maximum absolute atomic E-state index is 13.2. The van der Waals surface area contributed by atoms with Crippen LogP contribution in [0.2, 0.25) is 0 Å². The Morgan fingerprint density at radius 3 is 3.06 bits per heavy atom. The molecule has 0 spiro atoms. The number of aromatic amines is 1. The van der Waals surface area contributed by atoms with Crippen molar-refractivity contribution in [2.24, 2.45) is 0 Å². The normalized spacial score (nSPS) is 19.2. The number of carboxylic acids is 1. The van der Waals surface area contributed by atoms with E-state index in [1.165, 1.54) is 12.1 Å². The summed E-state index contributed by atoms with van der Waals surface area (Å²) in [5, 5.41) is 10.00. The highest BCUT2D eigenvalue weighted by Crippen LogP contribution is 2.36. The number of hydrogen-bond acceptors (Lipinski definition) is 1. The lowest BCUT2D eigenvalue weighted by Crippen LogP contribution is -2.17. The van der Waals surface area contributed by atoms with Crippen LogP contribution in [0.15, 0.2) is 18.2 Å². The van der Waals surface area contributed by atoms with Crippen LogP contribution in [-0.4, -0.2) is 16.1 Å². The van der Waals surface area contributed by atoms with Gasteiger partial charge in [0.2, 0.25) is 0 Å². The number of aromatic nitrogens is 1. The first-order valence-electron chi connectivity index (χ1n) is 5.69. The zero-order valence-electron chi connectivity index (χ0n) is 9.16. The topological polar surface area (TPSA) is 53.1 Å². The first-order chi connectivity index (χ1) is 8.16. The number of hydrogen-bond donors (Lipinski definition) is 2. The molecule has 0 aliphatic heterocycles. The van der Waals surface area contributed by atoms with Gasteiger partial charge in [0.05, 0.1) is 5.92 Å². The second-order valence-corrected chi connectivity index (χ2v) is 4.49. The Labute approximate surface area is 97.3 Å². The van der Waals surface area contributed by atoms with Crippen LogP contribution >= 0.6 is 0 Å². The Balaban J connectivity index is 2.25. The number of H-pyrrole nitrogens is 1. The van der Waals surface area contributed by atoms with E-state index in [2.05, 4.69) is 4.98 Å². The Morgan fingerprint density at radius 1 is 1.47 bits per heavy atom. The van der Waals surface area contributed by atoms with Gasteiger partial charge in [-0.15, -0.1) is 0 Å². The van der Waals surface area contributed by atoms with Gasteiger partial charge in [-0.3, -0.25) is 4.79 Å². The highest BCUT2D eigenvalue weighted by atomic mass is 19.1. The van der Waals surface area contributed by atoms with Crippen LogP contribution in [0.5, 0.6) is 0 Å². The number of aryl methyl sites for hydroxylation is 1. The SMILES string of the molecule is O=C(O)C1CCCc2c1[nH]c1ccc(F)cc21. The summed E-state index contributed by atoms with van der Waals surface area (Å²) in [5.74, 6) is -1.57. The smallest absolute Gasteiger partial charge is 0.312 e. The molecular formula is C13H12FNO2. The van der Waals surface area contributed by atoms with Crippen LogP contribution in [0.25, 0.3) is 10.9 Å². The van der Waals surface area contributed by atoms with Gasteiger partial charge in [0.15, 0.2) is 0 Å². The molecule has 2 N–H and O–H groups in total. The Kier molecular flexibility index (Phi) is 2.18. The van der Waals surface area contributed by atoms with Crippen molar-refractivity contribution in [1.82, 2.24) is 4.98 Å². The summed E-state index contributed by atoms with van der Waals surface area (Å²) in [7, 11) is 0. The molecule has 1 aromatic carbocycles. The molecule has 0 saturated carbocycles. The Morgan fingerprint density at radius 2 is 2.29 bits per heavy atom. The summed E-state index contributed by atoms with van der Waals surface area (Å²) in [6.07, 6.45) is 2.31. The van der Waals surface area contributed by atoms with Crippen molar-refractivity contribution >= 4 is 16.9 Å². The minimum Gasteiger partial charge on any atom is -0.481 e. The van der Waals surface area contributed by atoms with Crippen LogP contribution in [-0.2, 0) is 11.2 Å². The molecule has 1 aliphatic rings. The number of halogens is 1. The molecule has 1 atom stereocenters. The van der Waals surface area contributed by atoms with Crippen LogP contribution in [0.1, 0.15) is 30.0 Å². The monoisotopic (exact) mass is 233 g/mol. The molecule has 2 aromatic rings. The largest absolute Gasteiger partial charge is 0.481 e. The quantitative estimate of drug-likeness (QED) is 0.795. The van der Waals surface area contributed by atoms with E-state index in [4.69, 9.17) is 0 Å². The first kappa shape index (κ1) is 10.3. The van der Waals surface area contributed by atoms with E-state index < -0.39 is 11.9 Å². The summed E-state index contributed by atoms with van der Waals surface area (Å²) in [4.78, 5) is 14.3. The van der Waals surface area contributed by atoms with Gasteiger partial charge in [-0.2, -0.15) is 0 Å². The zero-order valence-corrected chi connectivity index (χ0v) is 9.16. The predicted molar refractivity (Wildman–Crippen MR) is 61.6 cm³/mol. The molecule has 0 amide bonds. The fraction of sp³-hybridized carbons (Fsp3) is 0.308. The number of benzene rings is 1. The number of nitrogens with one attached hydrogen (secondary N) is 1. The second kappa shape index (κ2) is 3.58. The van der Waals surface area contributed by atoms with Gasteiger partial charge in [0, 0.05) is 16.6 Å². The van der Waals surface area contributed by atoms with Gasteiger partial charge in [-0.25, -0.2) is 4.39 Å². The molecular weight excluding hydrogens is 221 g/mol. The number of carbonyl (C=O) groups is 1. The molecule has 4 heteroatoms. The summed E-state index contributed by atoms with van der Waals surface area (Å²) < 4.78 is 13.2. The molecule has 0 bridgehead atoms. The van der Waals surface area contributed by atoms with Gasteiger partial charge in [0.1, 0.15) is 5.82 Å². The molecule has 0 radical (unpaired) electrons. The average Bonchev–Trinajstić information content (AvgIpc) is 2.66. The molecule has 3 rings (SSSR count). The summed E-state index contributed by atoms with van der Waals surface area (Å²) in [5.41, 5.74) is 2.55. The van der Waals surface area contributed by atoms with Crippen molar-refractivity contribution in [3.05, 3.63) is 35.3 Å². The van der Waals surface area contributed by atoms with Crippen molar-refractivity contribution in [2.75, 3.05) is 0 Å². The van der Waals surface area contributed by atoms with E-state index >= 15 is 0 Å². The number of fused-ring (bicyclic) bond motifs is 3. The Bertz CT molecular complexity index is 603. The molecule has 3 nitrogen and oxygen atoms in total. The fourth-order valence-electron chi connectivity index (χ4n) is 2.68. The minimum absolute atomic E-state index is 0.281. The van der Waals surface area contributed by atoms with Crippen LogP contribution in [0.4, 0.5) is 4.39 Å². The van der Waals surface area contributed by atoms with E-state index in [0.29, 0.717) is 6.42 Å². The molecule has 1 unspecified atom stereocenters. The maximum Gasteiger partial charge on any atom is 0.312 e. The molecule has 88 valence electrons. The van der Waals surface area contributed by atoms with Crippen molar-refractivity contribution in [3.8, 4) is 0 Å². The lowest BCUT2D eigenvalue weighted by Gasteiger charge is -2.18. The van der Waals surface area contributed by atoms with Crippen molar-refractivity contribution in [2.45, 2.75) is 25.2 Å². The number of carboxylic acid groups (broad SMARTS) is 1. The minimum atomic E-state index is -0.807. The fourth-order valence-corrected chi connectivity index (χ4v) is 2.68. The third-order valence-corrected chi connectivity index (χ3v) is 3.47. The van der Waals surface area contributed by atoms with E-state index in [1.54, 1.807) is 6.07 Å². The van der Waals surface area contributed by atoms with Gasteiger partial charge < -0.3 is 10.1 Å². The van der Waals surface area contributed by atoms with E-state index in [1.807, 2.05) is 0 Å². The van der Waals surface area contributed by atoms with Crippen LogP contribution in [0, 0.1) is 5.82 Å². The van der Waals surface area contributed by atoms with Gasteiger partial charge in [-0.05, 0) is 43.0 Å². The van der Waals surface area contributed by atoms with Gasteiger partial charge in [-0.1, -0.05) is 0 Å². The molecule has 1 aromatic heterocycles. The van der Waals surface area contributed by atoms with E-state index in [9.17, 15) is 14.3 Å². The third kappa shape index (κ3) is 1.52. The second-order valence-electron chi connectivity index (χ2n) is 4.49. The molecule has 0 saturated heterocycles. The van der Waals surface area contributed by atoms with E-state index in [0.717, 1.165) is 35.0 Å². The van der Waals surface area contributed by atoms with Gasteiger partial charge in [0.25, 0.3) is 0 Å². The number of rotatable bonds is 1. The van der Waals surface area contributed by atoms with Crippen LogP contribution in [0.3, 0.4) is 0 Å². The average molecular weight is 233 g/mol.